The Balaban J connectivity index is 1.29. The van der Waals surface area contributed by atoms with E-state index in [0.717, 1.165) is 40.7 Å². The molecule has 5 rings (SSSR count). The molecule has 1 fully saturated rings. The number of nitrogens with zero attached hydrogens (tertiary/aromatic N) is 4. The minimum Gasteiger partial charge on any atom is -0.465 e. The van der Waals surface area contributed by atoms with Gasteiger partial charge in [-0.3, -0.25) is 9.59 Å². The number of anilines is 1. The summed E-state index contributed by atoms with van der Waals surface area (Å²) < 4.78 is 0. The summed E-state index contributed by atoms with van der Waals surface area (Å²) in [6.45, 7) is 2.36. The fraction of sp³-hybridized carbons (Fsp3) is 0.303. The Morgan fingerprint density at radius 2 is 1.71 bits per heavy atom. The first-order valence-electron chi connectivity index (χ1n) is 14.8. The SMILES string of the molecule is Cc1ccc(C#N)cc1-c1ccc(C[C@H](NC(=O)C2CCC(CNC(=O)O)CC2)C(=O)Nc2ccc(-c3nn[nH]n3)cc2)cc1. The smallest absolute Gasteiger partial charge is 0.404 e. The molecular formula is C33H34N8O4. The number of H-pyrrole nitrogens is 1. The molecule has 230 valence electrons. The van der Waals surface area contributed by atoms with Crippen LogP contribution < -0.4 is 16.0 Å². The first-order valence-corrected chi connectivity index (χ1v) is 14.8. The van der Waals surface area contributed by atoms with Gasteiger partial charge in [0.1, 0.15) is 6.04 Å². The summed E-state index contributed by atoms with van der Waals surface area (Å²) in [5.74, 6) is -0.169. The van der Waals surface area contributed by atoms with Crippen molar-refractivity contribution in [3.8, 4) is 28.6 Å². The minimum atomic E-state index is -1.05. The quantitative estimate of drug-likeness (QED) is 0.175. The number of carbonyl (C=O) groups is 3. The van der Waals surface area contributed by atoms with Crippen LogP contribution in [0.25, 0.3) is 22.5 Å². The lowest BCUT2D eigenvalue weighted by Crippen LogP contribution is -2.48. The molecule has 1 atom stereocenters. The predicted octanol–water partition coefficient (Wildman–Crippen LogP) is 4.45. The van der Waals surface area contributed by atoms with Crippen LogP contribution in [-0.2, 0) is 16.0 Å². The molecule has 1 aromatic heterocycles. The van der Waals surface area contributed by atoms with Gasteiger partial charge in [-0.2, -0.15) is 10.5 Å². The molecule has 1 saturated carbocycles. The molecule has 0 spiro atoms. The summed E-state index contributed by atoms with van der Waals surface area (Å²) in [6.07, 6.45) is 1.94. The van der Waals surface area contributed by atoms with Gasteiger partial charge in [-0.15, -0.1) is 10.2 Å². The Morgan fingerprint density at radius 3 is 2.36 bits per heavy atom. The van der Waals surface area contributed by atoms with Gasteiger partial charge in [0.05, 0.1) is 11.6 Å². The normalized spacial score (nSPS) is 16.6. The standard InChI is InChI=1S/C33H34N8O4/c1-20-2-3-23(18-34)16-28(20)24-8-4-21(5-9-24)17-29(37-31(42)26-10-6-22(7-11-26)19-35-33(44)45)32(43)36-27-14-12-25(13-15-27)30-38-40-41-39-30/h2-5,8-9,12-16,22,26,29,35H,6-7,10-11,17,19H2,1H3,(H,36,43)(H,37,42)(H,44,45)(H,38,39,40,41)/t22?,26?,29-/m0/s1. The second-order valence-corrected chi connectivity index (χ2v) is 11.3. The van der Waals surface area contributed by atoms with E-state index >= 15 is 0 Å². The molecule has 0 unspecified atom stereocenters. The maximum absolute atomic E-state index is 13.6. The average Bonchev–Trinajstić information content (AvgIpc) is 3.60. The summed E-state index contributed by atoms with van der Waals surface area (Å²) in [5, 5.41) is 40.5. The number of amides is 3. The van der Waals surface area contributed by atoms with Crippen molar-refractivity contribution in [3.05, 3.63) is 83.4 Å². The van der Waals surface area contributed by atoms with Crippen molar-refractivity contribution in [2.45, 2.75) is 45.1 Å². The van der Waals surface area contributed by atoms with Gasteiger partial charge in [-0.05, 0) is 102 Å². The number of carbonyl (C=O) groups excluding carboxylic acids is 2. The van der Waals surface area contributed by atoms with Gasteiger partial charge in [0, 0.05) is 30.1 Å². The molecular weight excluding hydrogens is 572 g/mol. The zero-order chi connectivity index (χ0) is 31.8. The third-order valence-electron chi connectivity index (χ3n) is 8.22. The Bertz CT molecular complexity index is 1670. The lowest BCUT2D eigenvalue weighted by Gasteiger charge is -2.29. The number of benzene rings is 3. The Kier molecular flexibility index (Phi) is 9.79. The third-order valence-corrected chi connectivity index (χ3v) is 8.22. The van der Waals surface area contributed by atoms with Crippen molar-refractivity contribution in [2.75, 3.05) is 11.9 Å². The fourth-order valence-corrected chi connectivity index (χ4v) is 5.63. The van der Waals surface area contributed by atoms with Crippen LogP contribution >= 0.6 is 0 Å². The Labute approximate surface area is 260 Å². The zero-order valence-corrected chi connectivity index (χ0v) is 24.8. The molecule has 0 bridgehead atoms. The van der Waals surface area contributed by atoms with Crippen LogP contribution in [0.1, 0.15) is 42.4 Å². The van der Waals surface area contributed by atoms with Crippen LogP contribution in [0.4, 0.5) is 10.5 Å². The van der Waals surface area contributed by atoms with Gasteiger partial charge in [0.2, 0.25) is 17.6 Å². The highest BCUT2D eigenvalue weighted by molar-refractivity contribution is 5.97. The van der Waals surface area contributed by atoms with Crippen molar-refractivity contribution in [2.24, 2.45) is 11.8 Å². The minimum absolute atomic E-state index is 0.187. The van der Waals surface area contributed by atoms with E-state index in [1.807, 2.05) is 43.3 Å². The van der Waals surface area contributed by atoms with Gasteiger partial charge in [-0.25, -0.2) is 4.79 Å². The van der Waals surface area contributed by atoms with E-state index in [-0.39, 0.29) is 30.1 Å². The highest BCUT2D eigenvalue weighted by Crippen LogP contribution is 2.29. The molecule has 45 heavy (non-hydrogen) atoms. The number of nitrogens with one attached hydrogen (secondary N) is 4. The first-order chi connectivity index (χ1) is 21.8. The van der Waals surface area contributed by atoms with Crippen LogP contribution in [0.5, 0.6) is 0 Å². The zero-order valence-electron chi connectivity index (χ0n) is 24.8. The van der Waals surface area contributed by atoms with Crippen molar-refractivity contribution in [3.63, 3.8) is 0 Å². The number of aromatic amines is 1. The first kappa shape index (κ1) is 30.9. The number of carboxylic acid groups (broad SMARTS) is 1. The summed E-state index contributed by atoms with van der Waals surface area (Å²) in [4.78, 5) is 37.8. The molecule has 1 aliphatic rings. The maximum atomic E-state index is 13.6. The molecule has 4 aromatic rings. The van der Waals surface area contributed by atoms with Gasteiger partial charge in [0.15, 0.2) is 0 Å². The average molecular weight is 607 g/mol. The summed E-state index contributed by atoms with van der Waals surface area (Å²) in [7, 11) is 0. The highest BCUT2D eigenvalue weighted by Gasteiger charge is 2.30. The highest BCUT2D eigenvalue weighted by atomic mass is 16.4. The van der Waals surface area contributed by atoms with Crippen molar-refractivity contribution < 1.29 is 19.5 Å². The Hall–Kier alpha value is -5.57. The lowest BCUT2D eigenvalue weighted by molar-refractivity contribution is -0.130. The van der Waals surface area contributed by atoms with Crippen LogP contribution in [0, 0.1) is 30.1 Å². The van der Waals surface area contributed by atoms with E-state index in [2.05, 4.69) is 42.6 Å². The molecule has 5 N–H and O–H groups in total. The summed E-state index contributed by atoms with van der Waals surface area (Å²) >= 11 is 0. The van der Waals surface area contributed by atoms with Crippen molar-refractivity contribution >= 4 is 23.6 Å². The molecule has 12 heteroatoms. The van der Waals surface area contributed by atoms with Crippen LogP contribution in [0.2, 0.25) is 0 Å². The molecule has 12 nitrogen and oxygen atoms in total. The van der Waals surface area contributed by atoms with Gasteiger partial charge < -0.3 is 21.1 Å². The molecule has 3 amide bonds. The second-order valence-electron chi connectivity index (χ2n) is 11.3. The third kappa shape index (κ3) is 8.08. The van der Waals surface area contributed by atoms with E-state index in [1.54, 1.807) is 30.3 Å². The largest absolute Gasteiger partial charge is 0.465 e. The van der Waals surface area contributed by atoms with E-state index < -0.39 is 12.1 Å². The van der Waals surface area contributed by atoms with Gasteiger partial charge in [0.25, 0.3) is 0 Å². The fourth-order valence-electron chi connectivity index (χ4n) is 5.63. The van der Waals surface area contributed by atoms with E-state index in [0.29, 0.717) is 36.5 Å². The summed E-state index contributed by atoms with van der Waals surface area (Å²) in [6, 6.07) is 21.7. The second kappa shape index (κ2) is 14.3. The molecule has 1 aliphatic carbocycles. The summed E-state index contributed by atoms with van der Waals surface area (Å²) in [5.41, 5.74) is 5.69. The predicted molar refractivity (Wildman–Crippen MR) is 167 cm³/mol. The maximum Gasteiger partial charge on any atom is 0.404 e. The van der Waals surface area contributed by atoms with Gasteiger partial charge >= 0.3 is 6.09 Å². The molecule has 0 radical (unpaired) electrons. The Morgan fingerprint density at radius 1 is 1.00 bits per heavy atom. The lowest BCUT2D eigenvalue weighted by atomic mass is 9.81. The van der Waals surface area contributed by atoms with E-state index in [4.69, 9.17) is 5.11 Å². The van der Waals surface area contributed by atoms with Crippen LogP contribution in [0.3, 0.4) is 0 Å². The molecule has 1 heterocycles. The number of tetrazole rings is 1. The topological polar surface area (TPSA) is 186 Å². The van der Waals surface area contributed by atoms with Gasteiger partial charge in [-0.1, -0.05) is 30.3 Å². The van der Waals surface area contributed by atoms with Crippen LogP contribution in [0.15, 0.2) is 66.7 Å². The molecule has 0 saturated heterocycles. The van der Waals surface area contributed by atoms with Crippen molar-refractivity contribution in [1.29, 1.82) is 5.26 Å². The number of aryl methyl sites for hydroxylation is 1. The molecule has 3 aromatic carbocycles. The van der Waals surface area contributed by atoms with Crippen LogP contribution in [-0.4, -0.2) is 56.2 Å². The monoisotopic (exact) mass is 606 g/mol. The number of hydrogen-bond donors (Lipinski definition) is 5. The number of aromatic nitrogens is 4. The number of rotatable bonds is 10. The van der Waals surface area contributed by atoms with E-state index in [1.165, 1.54) is 0 Å². The van der Waals surface area contributed by atoms with Crippen molar-refractivity contribution in [1.82, 2.24) is 31.3 Å². The van der Waals surface area contributed by atoms with E-state index in [9.17, 15) is 19.6 Å². The molecule has 0 aliphatic heterocycles. The number of nitriles is 1. The number of hydrogen-bond acceptors (Lipinski definition) is 7.